The number of rotatable bonds is 7. The van der Waals surface area contributed by atoms with Gasteiger partial charge in [-0.25, -0.2) is 9.67 Å². The predicted molar refractivity (Wildman–Crippen MR) is 88.3 cm³/mol. The third-order valence-corrected chi connectivity index (χ3v) is 3.33. The van der Waals surface area contributed by atoms with Crippen molar-refractivity contribution in [2.24, 2.45) is 0 Å². The first-order valence-electron chi connectivity index (χ1n) is 7.56. The number of hydrogen-bond donors (Lipinski definition) is 1. The molecule has 6 heteroatoms. The van der Waals surface area contributed by atoms with Crippen molar-refractivity contribution in [2.75, 3.05) is 11.9 Å². The summed E-state index contributed by atoms with van der Waals surface area (Å²) in [7, 11) is 0. The Balaban J connectivity index is 1.61. The fourth-order valence-electron chi connectivity index (χ4n) is 2.12. The van der Waals surface area contributed by atoms with E-state index in [2.05, 4.69) is 44.6 Å². The van der Waals surface area contributed by atoms with E-state index in [4.69, 9.17) is 4.74 Å². The Morgan fingerprint density at radius 3 is 2.70 bits per heavy atom. The van der Waals surface area contributed by atoms with Crippen LogP contribution < -0.4 is 5.32 Å². The van der Waals surface area contributed by atoms with E-state index in [-0.39, 0.29) is 0 Å². The minimum atomic E-state index is 0.654. The Bertz CT molecular complexity index is 725. The van der Waals surface area contributed by atoms with Gasteiger partial charge < -0.3 is 10.1 Å². The Hall–Kier alpha value is -2.73. The Morgan fingerprint density at radius 2 is 1.96 bits per heavy atom. The molecule has 2 aromatic heterocycles. The number of hydrogen-bond acceptors (Lipinski definition) is 5. The van der Waals surface area contributed by atoms with E-state index >= 15 is 0 Å². The third-order valence-electron chi connectivity index (χ3n) is 3.33. The van der Waals surface area contributed by atoms with E-state index in [1.54, 1.807) is 23.3 Å². The highest BCUT2D eigenvalue weighted by atomic mass is 16.5. The molecule has 0 saturated carbocycles. The fraction of sp³-hybridized carbons (Fsp3) is 0.235. The average Bonchev–Trinajstić information content (AvgIpc) is 3.14. The second-order valence-corrected chi connectivity index (χ2v) is 5.02. The van der Waals surface area contributed by atoms with Crippen molar-refractivity contribution in [3.8, 4) is 5.82 Å². The zero-order chi connectivity index (χ0) is 15.9. The van der Waals surface area contributed by atoms with Gasteiger partial charge in [0.2, 0.25) is 0 Å². The lowest BCUT2D eigenvalue weighted by Crippen LogP contribution is -2.05. The van der Waals surface area contributed by atoms with Gasteiger partial charge in [-0.1, -0.05) is 24.3 Å². The molecule has 0 unspecified atom stereocenters. The number of nitrogens with one attached hydrogen (secondary N) is 1. The largest absolute Gasteiger partial charge is 0.377 e. The zero-order valence-electron chi connectivity index (χ0n) is 13.0. The molecule has 1 aromatic carbocycles. The SMILES string of the molecule is CCOCc1ccc(CNc2cncc(-n3cccn3)n2)cc1. The number of ether oxygens (including phenoxy) is 1. The lowest BCUT2D eigenvalue weighted by atomic mass is 10.1. The Kier molecular flexibility index (Phi) is 4.95. The molecule has 0 atom stereocenters. The van der Waals surface area contributed by atoms with Crippen LogP contribution in [0.5, 0.6) is 0 Å². The summed E-state index contributed by atoms with van der Waals surface area (Å²) in [5.41, 5.74) is 2.35. The summed E-state index contributed by atoms with van der Waals surface area (Å²) in [4.78, 5) is 8.69. The van der Waals surface area contributed by atoms with Gasteiger partial charge in [0.25, 0.3) is 0 Å². The lowest BCUT2D eigenvalue weighted by molar-refractivity contribution is 0.134. The molecule has 3 aromatic rings. The fourth-order valence-corrected chi connectivity index (χ4v) is 2.12. The van der Waals surface area contributed by atoms with Crippen LogP contribution in [0, 0.1) is 0 Å². The Labute approximate surface area is 135 Å². The number of anilines is 1. The summed E-state index contributed by atoms with van der Waals surface area (Å²) in [5.74, 6) is 1.41. The van der Waals surface area contributed by atoms with Crippen molar-refractivity contribution in [2.45, 2.75) is 20.1 Å². The highest BCUT2D eigenvalue weighted by Crippen LogP contribution is 2.10. The minimum absolute atomic E-state index is 0.654. The van der Waals surface area contributed by atoms with Gasteiger partial charge in [-0.2, -0.15) is 5.10 Å². The molecule has 1 N–H and O–H groups in total. The van der Waals surface area contributed by atoms with Crippen molar-refractivity contribution in [3.05, 3.63) is 66.2 Å². The van der Waals surface area contributed by atoms with Crippen molar-refractivity contribution >= 4 is 5.82 Å². The van der Waals surface area contributed by atoms with E-state index in [9.17, 15) is 0 Å². The molecule has 0 saturated heterocycles. The summed E-state index contributed by atoms with van der Waals surface area (Å²) < 4.78 is 7.08. The van der Waals surface area contributed by atoms with Crippen molar-refractivity contribution in [1.82, 2.24) is 19.7 Å². The maximum atomic E-state index is 5.40. The molecule has 0 aliphatic heterocycles. The van der Waals surface area contributed by atoms with Crippen LogP contribution in [-0.2, 0) is 17.9 Å². The predicted octanol–water partition coefficient (Wildman–Crippen LogP) is 2.81. The van der Waals surface area contributed by atoms with Gasteiger partial charge in [-0.05, 0) is 24.1 Å². The van der Waals surface area contributed by atoms with Crippen LogP contribution in [0.25, 0.3) is 5.82 Å². The van der Waals surface area contributed by atoms with Crippen LogP contribution in [0.15, 0.2) is 55.1 Å². The summed E-state index contributed by atoms with van der Waals surface area (Å²) in [6.07, 6.45) is 6.94. The van der Waals surface area contributed by atoms with Crippen LogP contribution in [0.3, 0.4) is 0 Å². The molecule has 0 aliphatic carbocycles. The number of nitrogens with zero attached hydrogens (tertiary/aromatic N) is 4. The van der Waals surface area contributed by atoms with Gasteiger partial charge in [0.1, 0.15) is 5.82 Å². The molecule has 118 valence electrons. The average molecular weight is 309 g/mol. The minimum Gasteiger partial charge on any atom is -0.377 e. The number of benzene rings is 1. The van der Waals surface area contributed by atoms with E-state index in [1.165, 1.54) is 11.1 Å². The van der Waals surface area contributed by atoms with Crippen LogP contribution in [0.4, 0.5) is 5.82 Å². The molecule has 0 spiro atoms. The van der Waals surface area contributed by atoms with E-state index < -0.39 is 0 Å². The van der Waals surface area contributed by atoms with E-state index in [0.29, 0.717) is 19.0 Å². The monoisotopic (exact) mass is 309 g/mol. The normalized spacial score (nSPS) is 10.7. The first-order valence-corrected chi connectivity index (χ1v) is 7.56. The van der Waals surface area contributed by atoms with Crippen LogP contribution in [0.1, 0.15) is 18.1 Å². The second kappa shape index (κ2) is 7.51. The third kappa shape index (κ3) is 4.14. The van der Waals surface area contributed by atoms with Gasteiger partial charge in [0.05, 0.1) is 19.0 Å². The second-order valence-electron chi connectivity index (χ2n) is 5.02. The topological polar surface area (TPSA) is 64.9 Å². The molecule has 6 nitrogen and oxygen atoms in total. The summed E-state index contributed by atoms with van der Waals surface area (Å²) in [6.45, 7) is 4.07. The molecular formula is C17H19N5O. The zero-order valence-corrected chi connectivity index (χ0v) is 13.0. The summed E-state index contributed by atoms with van der Waals surface area (Å²) in [6, 6.07) is 10.2. The highest BCUT2D eigenvalue weighted by Gasteiger charge is 2.01. The van der Waals surface area contributed by atoms with Gasteiger partial charge >= 0.3 is 0 Å². The first kappa shape index (κ1) is 15.2. The number of aromatic nitrogens is 4. The van der Waals surface area contributed by atoms with Crippen LogP contribution >= 0.6 is 0 Å². The quantitative estimate of drug-likeness (QED) is 0.727. The van der Waals surface area contributed by atoms with Gasteiger partial charge in [-0.3, -0.25) is 4.98 Å². The van der Waals surface area contributed by atoms with Gasteiger partial charge in [0, 0.05) is 25.5 Å². The molecule has 0 fully saturated rings. The van der Waals surface area contributed by atoms with Gasteiger partial charge in [-0.15, -0.1) is 0 Å². The molecular weight excluding hydrogens is 290 g/mol. The standard InChI is InChI=1S/C17H19N5O/c1-2-23-13-15-6-4-14(5-7-15)10-19-16-11-18-12-17(21-16)22-9-3-8-20-22/h3-9,11-12H,2,10,13H2,1H3,(H,19,21). The maximum absolute atomic E-state index is 5.40. The summed E-state index contributed by atoms with van der Waals surface area (Å²) in [5, 5.41) is 7.43. The molecule has 3 rings (SSSR count). The lowest BCUT2D eigenvalue weighted by Gasteiger charge is -2.08. The van der Waals surface area contributed by atoms with Crippen molar-refractivity contribution < 1.29 is 4.74 Å². The summed E-state index contributed by atoms with van der Waals surface area (Å²) >= 11 is 0. The van der Waals surface area contributed by atoms with Gasteiger partial charge in [0.15, 0.2) is 5.82 Å². The molecule has 2 heterocycles. The molecule has 0 radical (unpaired) electrons. The van der Waals surface area contributed by atoms with Crippen molar-refractivity contribution in [1.29, 1.82) is 0 Å². The molecule has 0 bridgehead atoms. The highest BCUT2D eigenvalue weighted by molar-refractivity contribution is 5.37. The molecule has 0 amide bonds. The smallest absolute Gasteiger partial charge is 0.173 e. The van der Waals surface area contributed by atoms with E-state index in [0.717, 1.165) is 12.4 Å². The van der Waals surface area contributed by atoms with Crippen LogP contribution in [0.2, 0.25) is 0 Å². The van der Waals surface area contributed by atoms with E-state index in [1.807, 2.05) is 19.2 Å². The molecule has 23 heavy (non-hydrogen) atoms. The van der Waals surface area contributed by atoms with Crippen LogP contribution in [-0.4, -0.2) is 26.4 Å². The maximum Gasteiger partial charge on any atom is 0.173 e. The first-order chi connectivity index (χ1) is 11.3. The molecule has 0 aliphatic rings. The Morgan fingerprint density at radius 1 is 1.13 bits per heavy atom. The van der Waals surface area contributed by atoms with Crippen molar-refractivity contribution in [3.63, 3.8) is 0 Å².